The molecule has 0 fully saturated rings. The SMILES string of the molecule is Cc1nn(CC(=O)Nc2ccc(Cl)cn2)c(C)c1I. The fourth-order valence-electron chi connectivity index (χ4n) is 1.60. The summed E-state index contributed by atoms with van der Waals surface area (Å²) < 4.78 is 2.76. The first-order chi connectivity index (χ1) is 8.97. The van der Waals surface area contributed by atoms with Crippen molar-refractivity contribution in [1.82, 2.24) is 14.8 Å². The number of nitrogens with one attached hydrogen (secondary N) is 1. The van der Waals surface area contributed by atoms with Crippen LogP contribution in [0.15, 0.2) is 18.3 Å². The number of pyridine rings is 1. The molecular weight excluding hydrogens is 379 g/mol. The zero-order valence-corrected chi connectivity index (χ0v) is 13.4. The van der Waals surface area contributed by atoms with Crippen LogP contribution in [0.25, 0.3) is 0 Å². The molecule has 100 valence electrons. The summed E-state index contributed by atoms with van der Waals surface area (Å²) in [6, 6.07) is 3.33. The zero-order valence-electron chi connectivity index (χ0n) is 10.4. The van der Waals surface area contributed by atoms with E-state index in [1.165, 1.54) is 6.20 Å². The third-order valence-electron chi connectivity index (χ3n) is 2.58. The Labute approximate surface area is 129 Å². The summed E-state index contributed by atoms with van der Waals surface area (Å²) in [5.74, 6) is 0.308. The average molecular weight is 391 g/mol. The summed E-state index contributed by atoms with van der Waals surface area (Å²) in [6.07, 6.45) is 1.49. The summed E-state index contributed by atoms with van der Waals surface area (Å²) in [7, 11) is 0. The fraction of sp³-hybridized carbons (Fsp3) is 0.250. The summed E-state index contributed by atoms with van der Waals surface area (Å²) in [5.41, 5.74) is 1.91. The molecule has 1 amide bonds. The summed E-state index contributed by atoms with van der Waals surface area (Å²) in [5, 5.41) is 7.55. The Hall–Kier alpha value is -1.15. The van der Waals surface area contributed by atoms with Gasteiger partial charge in [0.1, 0.15) is 12.4 Å². The van der Waals surface area contributed by atoms with E-state index in [2.05, 4.69) is 38.0 Å². The van der Waals surface area contributed by atoms with Crippen molar-refractivity contribution in [3.05, 3.63) is 38.3 Å². The molecule has 2 aromatic heterocycles. The molecule has 0 aliphatic carbocycles. The number of hydrogen-bond donors (Lipinski definition) is 1. The third kappa shape index (κ3) is 3.44. The van der Waals surface area contributed by atoms with Crippen molar-refractivity contribution in [2.75, 3.05) is 5.32 Å². The highest BCUT2D eigenvalue weighted by atomic mass is 127. The van der Waals surface area contributed by atoms with E-state index < -0.39 is 0 Å². The van der Waals surface area contributed by atoms with Crippen molar-refractivity contribution in [3.8, 4) is 0 Å². The van der Waals surface area contributed by atoms with Crippen molar-refractivity contribution in [1.29, 1.82) is 0 Å². The van der Waals surface area contributed by atoms with Crippen LogP contribution in [0.2, 0.25) is 5.02 Å². The van der Waals surface area contributed by atoms with E-state index >= 15 is 0 Å². The highest BCUT2D eigenvalue weighted by Gasteiger charge is 2.12. The molecule has 2 rings (SSSR count). The largest absolute Gasteiger partial charge is 0.309 e. The molecule has 0 aliphatic heterocycles. The van der Waals surface area contributed by atoms with Gasteiger partial charge in [-0.1, -0.05) is 11.6 Å². The normalized spacial score (nSPS) is 10.5. The minimum atomic E-state index is -0.170. The van der Waals surface area contributed by atoms with Crippen LogP contribution in [0.4, 0.5) is 5.82 Å². The molecule has 0 spiro atoms. The molecule has 0 saturated carbocycles. The summed E-state index contributed by atoms with van der Waals surface area (Å²) >= 11 is 7.95. The smallest absolute Gasteiger partial charge is 0.247 e. The summed E-state index contributed by atoms with van der Waals surface area (Å²) in [6.45, 7) is 4.03. The molecule has 0 bridgehead atoms. The van der Waals surface area contributed by atoms with Crippen LogP contribution < -0.4 is 5.32 Å². The lowest BCUT2D eigenvalue weighted by Crippen LogP contribution is -2.20. The number of hydrogen-bond acceptors (Lipinski definition) is 3. The average Bonchev–Trinajstić information content (AvgIpc) is 2.60. The lowest BCUT2D eigenvalue weighted by Gasteiger charge is -2.06. The van der Waals surface area contributed by atoms with Crippen molar-refractivity contribution in [2.24, 2.45) is 0 Å². The van der Waals surface area contributed by atoms with Crippen LogP contribution in [0.3, 0.4) is 0 Å². The van der Waals surface area contributed by atoms with Crippen LogP contribution in [0, 0.1) is 17.4 Å². The first-order valence-corrected chi connectivity index (χ1v) is 7.04. The lowest BCUT2D eigenvalue weighted by molar-refractivity contribution is -0.117. The predicted octanol–water partition coefficient (Wildman–Crippen LogP) is 2.79. The number of nitrogens with zero attached hydrogens (tertiary/aromatic N) is 3. The number of carbonyl (C=O) groups excluding carboxylic acids is 1. The van der Waals surface area contributed by atoms with Gasteiger partial charge in [0.25, 0.3) is 0 Å². The number of anilines is 1. The van der Waals surface area contributed by atoms with Crippen LogP contribution in [-0.2, 0) is 11.3 Å². The molecule has 0 aromatic carbocycles. The minimum absolute atomic E-state index is 0.167. The molecule has 0 aliphatic rings. The fourth-order valence-corrected chi connectivity index (χ4v) is 2.10. The topological polar surface area (TPSA) is 59.8 Å². The van der Waals surface area contributed by atoms with Crippen molar-refractivity contribution in [3.63, 3.8) is 0 Å². The van der Waals surface area contributed by atoms with E-state index in [9.17, 15) is 4.79 Å². The van der Waals surface area contributed by atoms with Crippen molar-refractivity contribution in [2.45, 2.75) is 20.4 Å². The van der Waals surface area contributed by atoms with Crippen LogP contribution in [-0.4, -0.2) is 20.7 Å². The monoisotopic (exact) mass is 390 g/mol. The van der Waals surface area contributed by atoms with Gasteiger partial charge < -0.3 is 5.32 Å². The molecule has 0 atom stereocenters. The van der Waals surface area contributed by atoms with E-state index in [1.807, 2.05) is 13.8 Å². The number of carbonyl (C=O) groups is 1. The Bertz CT molecular complexity index is 609. The van der Waals surface area contributed by atoms with Crippen LogP contribution in [0.1, 0.15) is 11.4 Å². The number of rotatable bonds is 3. The number of amides is 1. The number of aromatic nitrogens is 3. The third-order valence-corrected chi connectivity index (χ3v) is 4.37. The Kier molecular flexibility index (Phi) is 4.41. The van der Waals surface area contributed by atoms with Gasteiger partial charge in [-0.15, -0.1) is 0 Å². The van der Waals surface area contributed by atoms with Gasteiger partial charge in [-0.3, -0.25) is 9.48 Å². The van der Waals surface area contributed by atoms with E-state index in [0.29, 0.717) is 10.8 Å². The Morgan fingerprint density at radius 2 is 2.21 bits per heavy atom. The number of halogens is 2. The molecule has 0 saturated heterocycles. The second kappa shape index (κ2) is 5.87. The van der Waals surface area contributed by atoms with Gasteiger partial charge in [-0.2, -0.15) is 5.10 Å². The molecule has 2 aromatic rings. The van der Waals surface area contributed by atoms with E-state index in [1.54, 1.807) is 16.8 Å². The Morgan fingerprint density at radius 3 is 2.74 bits per heavy atom. The molecule has 2 heterocycles. The molecule has 1 N–H and O–H groups in total. The van der Waals surface area contributed by atoms with Gasteiger partial charge in [0.05, 0.1) is 14.3 Å². The molecule has 0 radical (unpaired) electrons. The maximum atomic E-state index is 11.9. The van der Waals surface area contributed by atoms with Gasteiger partial charge >= 0.3 is 0 Å². The molecule has 5 nitrogen and oxygen atoms in total. The van der Waals surface area contributed by atoms with Crippen LogP contribution in [0.5, 0.6) is 0 Å². The lowest BCUT2D eigenvalue weighted by atomic mass is 10.4. The first kappa shape index (κ1) is 14.3. The van der Waals surface area contributed by atoms with Gasteiger partial charge in [0.2, 0.25) is 5.91 Å². The number of aryl methyl sites for hydroxylation is 1. The van der Waals surface area contributed by atoms with Gasteiger partial charge in [0.15, 0.2) is 0 Å². The molecular formula is C12H12ClIN4O. The zero-order chi connectivity index (χ0) is 14.0. The van der Waals surface area contributed by atoms with E-state index in [-0.39, 0.29) is 12.5 Å². The molecule has 7 heteroatoms. The Morgan fingerprint density at radius 1 is 1.47 bits per heavy atom. The maximum Gasteiger partial charge on any atom is 0.247 e. The van der Waals surface area contributed by atoms with Gasteiger partial charge in [-0.25, -0.2) is 4.98 Å². The maximum absolute atomic E-state index is 11.9. The second-order valence-corrected chi connectivity index (χ2v) is 5.57. The van der Waals surface area contributed by atoms with Gasteiger partial charge in [0, 0.05) is 11.9 Å². The standard InChI is InChI=1S/C12H12ClIN4O/c1-7-12(14)8(2)18(17-7)6-11(19)16-10-4-3-9(13)5-15-10/h3-5H,6H2,1-2H3,(H,15,16,19). The highest BCUT2D eigenvalue weighted by Crippen LogP contribution is 2.15. The Balaban J connectivity index is 2.05. The molecule has 0 unspecified atom stereocenters. The second-order valence-electron chi connectivity index (χ2n) is 4.05. The van der Waals surface area contributed by atoms with Crippen molar-refractivity contribution < 1.29 is 4.79 Å². The highest BCUT2D eigenvalue weighted by molar-refractivity contribution is 14.1. The minimum Gasteiger partial charge on any atom is -0.309 e. The van der Waals surface area contributed by atoms with E-state index in [0.717, 1.165) is 15.0 Å². The predicted molar refractivity (Wildman–Crippen MR) is 82.3 cm³/mol. The quantitative estimate of drug-likeness (QED) is 0.820. The van der Waals surface area contributed by atoms with Crippen LogP contribution >= 0.6 is 34.2 Å². The van der Waals surface area contributed by atoms with Gasteiger partial charge in [-0.05, 0) is 48.6 Å². The first-order valence-electron chi connectivity index (χ1n) is 5.58. The molecule has 19 heavy (non-hydrogen) atoms. The van der Waals surface area contributed by atoms with Crippen molar-refractivity contribution >= 4 is 45.9 Å². The summed E-state index contributed by atoms with van der Waals surface area (Å²) in [4.78, 5) is 15.9. The van der Waals surface area contributed by atoms with E-state index in [4.69, 9.17) is 11.6 Å².